The SMILES string of the molecule is CC(=O)Nc1cc(C(=O)NC(C(=O)NC(C)C(=O)NC(C=O)C(C)C)C(C)(C)C)ccn1. The van der Waals surface area contributed by atoms with Crippen molar-refractivity contribution in [3.05, 3.63) is 23.9 Å². The zero-order valence-electron chi connectivity index (χ0n) is 19.6. The highest BCUT2D eigenvalue weighted by Crippen LogP contribution is 2.20. The summed E-state index contributed by atoms with van der Waals surface area (Å²) >= 11 is 0. The van der Waals surface area contributed by atoms with Gasteiger partial charge in [-0.3, -0.25) is 19.2 Å². The van der Waals surface area contributed by atoms with Crippen molar-refractivity contribution in [1.29, 1.82) is 0 Å². The van der Waals surface area contributed by atoms with E-state index in [1.807, 2.05) is 0 Å². The van der Waals surface area contributed by atoms with Crippen molar-refractivity contribution in [1.82, 2.24) is 20.9 Å². The highest BCUT2D eigenvalue weighted by atomic mass is 16.2. The van der Waals surface area contributed by atoms with Gasteiger partial charge in [0.2, 0.25) is 17.7 Å². The van der Waals surface area contributed by atoms with Gasteiger partial charge >= 0.3 is 0 Å². The topological polar surface area (TPSA) is 146 Å². The Morgan fingerprint density at radius 2 is 1.62 bits per heavy atom. The third kappa shape index (κ3) is 8.09. The van der Waals surface area contributed by atoms with Crippen LogP contribution in [0.25, 0.3) is 0 Å². The Hall–Kier alpha value is -3.30. The lowest BCUT2D eigenvalue weighted by atomic mass is 9.85. The Morgan fingerprint density at radius 1 is 1.00 bits per heavy atom. The van der Waals surface area contributed by atoms with Gasteiger partial charge in [-0.1, -0.05) is 34.6 Å². The standard InChI is InChI=1S/C22H33N5O5/c1-12(2)16(11-28)26-19(30)13(3)24-21(32)18(22(5,6)7)27-20(31)15-8-9-23-17(10-15)25-14(4)29/h8-13,16,18H,1-7H3,(H,24,32)(H,26,30)(H,27,31)(H,23,25,29). The Balaban J connectivity index is 2.93. The number of aldehydes is 1. The zero-order valence-corrected chi connectivity index (χ0v) is 19.6. The monoisotopic (exact) mass is 447 g/mol. The highest BCUT2D eigenvalue weighted by molar-refractivity contribution is 5.99. The summed E-state index contributed by atoms with van der Waals surface area (Å²) in [5, 5.41) is 10.4. The third-order valence-electron chi connectivity index (χ3n) is 4.66. The molecular weight excluding hydrogens is 414 g/mol. The number of amides is 4. The number of anilines is 1. The largest absolute Gasteiger partial charge is 0.345 e. The summed E-state index contributed by atoms with van der Waals surface area (Å²) in [6, 6.07) is 0.312. The quantitative estimate of drug-likeness (QED) is 0.416. The van der Waals surface area contributed by atoms with Gasteiger partial charge in [-0.05, 0) is 30.4 Å². The molecule has 10 heteroatoms. The lowest BCUT2D eigenvalue weighted by Crippen LogP contribution is -2.58. The van der Waals surface area contributed by atoms with Gasteiger partial charge in [0.1, 0.15) is 24.2 Å². The summed E-state index contributed by atoms with van der Waals surface area (Å²) in [5.74, 6) is -1.80. The van der Waals surface area contributed by atoms with E-state index in [1.165, 1.54) is 32.2 Å². The smallest absolute Gasteiger partial charge is 0.252 e. The molecule has 1 rings (SSSR count). The first-order valence-corrected chi connectivity index (χ1v) is 10.4. The summed E-state index contributed by atoms with van der Waals surface area (Å²) in [4.78, 5) is 64.4. The summed E-state index contributed by atoms with van der Waals surface area (Å²) in [6.45, 7) is 11.7. The molecular formula is C22H33N5O5. The van der Waals surface area contributed by atoms with Crippen molar-refractivity contribution in [3.8, 4) is 0 Å². The van der Waals surface area contributed by atoms with Crippen LogP contribution in [0.3, 0.4) is 0 Å². The van der Waals surface area contributed by atoms with E-state index >= 15 is 0 Å². The summed E-state index contributed by atoms with van der Waals surface area (Å²) in [6.07, 6.45) is 2.02. The van der Waals surface area contributed by atoms with Crippen LogP contribution < -0.4 is 21.3 Å². The number of carbonyl (C=O) groups excluding carboxylic acids is 5. The predicted molar refractivity (Wildman–Crippen MR) is 120 cm³/mol. The molecule has 0 bridgehead atoms. The van der Waals surface area contributed by atoms with Gasteiger partial charge in [0, 0.05) is 18.7 Å². The Bertz CT molecular complexity index is 863. The molecule has 4 amide bonds. The summed E-state index contributed by atoms with van der Waals surface area (Å²) < 4.78 is 0. The van der Waals surface area contributed by atoms with E-state index in [-0.39, 0.29) is 23.2 Å². The molecule has 32 heavy (non-hydrogen) atoms. The molecule has 3 unspecified atom stereocenters. The van der Waals surface area contributed by atoms with Gasteiger partial charge in [-0.2, -0.15) is 0 Å². The maximum atomic E-state index is 12.9. The van der Waals surface area contributed by atoms with E-state index in [1.54, 1.807) is 34.6 Å². The van der Waals surface area contributed by atoms with Crippen LogP contribution in [0.4, 0.5) is 5.82 Å². The molecule has 0 fully saturated rings. The van der Waals surface area contributed by atoms with Gasteiger partial charge in [0.25, 0.3) is 5.91 Å². The van der Waals surface area contributed by atoms with Crippen LogP contribution in [0, 0.1) is 11.3 Å². The number of aromatic nitrogens is 1. The first kappa shape index (κ1) is 26.7. The van der Waals surface area contributed by atoms with Crippen molar-refractivity contribution >= 4 is 35.7 Å². The fourth-order valence-electron chi connectivity index (χ4n) is 2.72. The van der Waals surface area contributed by atoms with Crippen molar-refractivity contribution < 1.29 is 24.0 Å². The Morgan fingerprint density at radius 3 is 2.12 bits per heavy atom. The van der Waals surface area contributed by atoms with Crippen LogP contribution in [0.15, 0.2) is 18.3 Å². The molecule has 0 saturated heterocycles. The Labute approximate surface area is 188 Å². The van der Waals surface area contributed by atoms with E-state index in [0.29, 0.717) is 6.29 Å². The summed E-state index contributed by atoms with van der Waals surface area (Å²) in [5.41, 5.74) is -0.463. The van der Waals surface area contributed by atoms with Gasteiger partial charge in [-0.15, -0.1) is 0 Å². The highest BCUT2D eigenvalue weighted by Gasteiger charge is 2.34. The van der Waals surface area contributed by atoms with E-state index in [2.05, 4.69) is 26.3 Å². The fraction of sp³-hybridized carbons (Fsp3) is 0.545. The summed E-state index contributed by atoms with van der Waals surface area (Å²) in [7, 11) is 0. The molecule has 1 aromatic rings. The molecule has 0 aliphatic rings. The van der Waals surface area contributed by atoms with Crippen LogP contribution in [-0.2, 0) is 19.2 Å². The molecule has 10 nitrogen and oxygen atoms in total. The van der Waals surface area contributed by atoms with Gasteiger partial charge < -0.3 is 26.1 Å². The molecule has 0 saturated carbocycles. The van der Waals surface area contributed by atoms with Crippen LogP contribution in [0.5, 0.6) is 0 Å². The minimum atomic E-state index is -0.963. The number of hydrogen-bond acceptors (Lipinski definition) is 6. The molecule has 1 heterocycles. The van der Waals surface area contributed by atoms with Crippen molar-refractivity contribution in [2.24, 2.45) is 11.3 Å². The first-order valence-electron chi connectivity index (χ1n) is 10.4. The number of nitrogens with one attached hydrogen (secondary N) is 4. The second kappa shape index (κ2) is 11.4. The molecule has 176 valence electrons. The lowest BCUT2D eigenvalue weighted by molar-refractivity contribution is -0.131. The third-order valence-corrected chi connectivity index (χ3v) is 4.66. The lowest BCUT2D eigenvalue weighted by Gasteiger charge is -2.31. The molecule has 4 N–H and O–H groups in total. The van der Waals surface area contributed by atoms with E-state index in [0.717, 1.165) is 0 Å². The molecule has 1 aromatic heterocycles. The Kier molecular flexibility index (Phi) is 9.49. The second-order valence-corrected chi connectivity index (χ2v) is 9.03. The normalized spacial score (nSPS) is 14.0. The zero-order chi connectivity index (χ0) is 24.6. The molecule has 0 radical (unpaired) electrons. The number of pyridine rings is 1. The van der Waals surface area contributed by atoms with E-state index in [4.69, 9.17) is 0 Å². The maximum absolute atomic E-state index is 12.9. The number of rotatable bonds is 9. The van der Waals surface area contributed by atoms with Crippen molar-refractivity contribution in [2.75, 3.05) is 5.32 Å². The van der Waals surface area contributed by atoms with Crippen LogP contribution in [0.1, 0.15) is 58.8 Å². The molecule has 0 aliphatic carbocycles. The average molecular weight is 448 g/mol. The minimum absolute atomic E-state index is 0.0938. The van der Waals surface area contributed by atoms with Gasteiger partial charge in [-0.25, -0.2) is 4.98 Å². The van der Waals surface area contributed by atoms with E-state index < -0.39 is 41.3 Å². The van der Waals surface area contributed by atoms with Gasteiger partial charge in [0.05, 0.1) is 6.04 Å². The minimum Gasteiger partial charge on any atom is -0.345 e. The average Bonchev–Trinajstić information content (AvgIpc) is 2.68. The first-order chi connectivity index (χ1) is 14.8. The van der Waals surface area contributed by atoms with Crippen molar-refractivity contribution in [3.63, 3.8) is 0 Å². The second-order valence-electron chi connectivity index (χ2n) is 9.03. The fourth-order valence-corrected chi connectivity index (χ4v) is 2.72. The predicted octanol–water partition coefficient (Wildman–Crippen LogP) is 1.03. The number of nitrogens with zero attached hydrogens (tertiary/aromatic N) is 1. The van der Waals surface area contributed by atoms with Crippen LogP contribution in [0.2, 0.25) is 0 Å². The number of carbonyl (C=O) groups is 5. The van der Waals surface area contributed by atoms with Crippen LogP contribution in [-0.4, -0.2) is 53.0 Å². The molecule has 0 aliphatic heterocycles. The number of hydrogen-bond donors (Lipinski definition) is 4. The van der Waals surface area contributed by atoms with Gasteiger partial charge in [0.15, 0.2) is 0 Å². The molecule has 3 atom stereocenters. The maximum Gasteiger partial charge on any atom is 0.252 e. The van der Waals surface area contributed by atoms with Crippen LogP contribution >= 0.6 is 0 Å². The molecule has 0 aromatic carbocycles. The van der Waals surface area contributed by atoms with Crippen molar-refractivity contribution in [2.45, 2.75) is 66.6 Å². The van der Waals surface area contributed by atoms with E-state index in [9.17, 15) is 24.0 Å². The molecule has 0 spiro atoms.